The molecule has 98 valence electrons. The minimum Gasteiger partial charge on any atom is -0.338 e. The van der Waals surface area contributed by atoms with Crippen molar-refractivity contribution in [3.05, 3.63) is 33.8 Å². The van der Waals surface area contributed by atoms with Gasteiger partial charge in [-0.3, -0.25) is 4.79 Å². The molecule has 0 saturated carbocycles. The van der Waals surface area contributed by atoms with E-state index >= 15 is 0 Å². The highest BCUT2D eigenvalue weighted by atomic mass is 79.9. The van der Waals surface area contributed by atoms with Gasteiger partial charge in [-0.05, 0) is 49.1 Å². The van der Waals surface area contributed by atoms with Gasteiger partial charge < -0.3 is 10.6 Å². The van der Waals surface area contributed by atoms with E-state index in [1.165, 1.54) is 0 Å². The van der Waals surface area contributed by atoms with Crippen LogP contribution in [0, 0.1) is 12.3 Å². The van der Waals surface area contributed by atoms with Gasteiger partial charge in [0.25, 0.3) is 5.91 Å². The molecule has 1 atom stereocenters. The van der Waals surface area contributed by atoms with Crippen LogP contribution in [-0.2, 0) is 0 Å². The van der Waals surface area contributed by atoms with E-state index < -0.39 is 0 Å². The SMILES string of the molecule is Cc1cc(Br)cc(C(=O)N2CCC(C)(CN)C2)c1. The molecule has 0 radical (unpaired) electrons. The minimum atomic E-state index is 0.0801. The molecule has 1 heterocycles. The highest BCUT2D eigenvalue weighted by Crippen LogP contribution is 2.30. The number of amides is 1. The molecule has 0 spiro atoms. The number of carbonyl (C=O) groups excluding carboxylic acids is 1. The summed E-state index contributed by atoms with van der Waals surface area (Å²) in [4.78, 5) is 14.3. The number of benzene rings is 1. The van der Waals surface area contributed by atoms with Gasteiger partial charge in [-0.1, -0.05) is 22.9 Å². The molecule has 0 aromatic heterocycles. The quantitative estimate of drug-likeness (QED) is 0.912. The number of aryl methyl sites for hydroxylation is 1. The maximum atomic E-state index is 12.4. The van der Waals surface area contributed by atoms with Crippen LogP contribution in [0.5, 0.6) is 0 Å². The van der Waals surface area contributed by atoms with E-state index in [4.69, 9.17) is 5.73 Å². The molecule has 1 aromatic rings. The average Bonchev–Trinajstić information content (AvgIpc) is 2.70. The molecule has 18 heavy (non-hydrogen) atoms. The predicted molar refractivity (Wildman–Crippen MR) is 76.6 cm³/mol. The zero-order valence-corrected chi connectivity index (χ0v) is 12.5. The zero-order chi connectivity index (χ0) is 13.3. The molecule has 1 aromatic carbocycles. The number of carbonyl (C=O) groups is 1. The van der Waals surface area contributed by atoms with E-state index in [-0.39, 0.29) is 11.3 Å². The Labute approximate surface area is 116 Å². The monoisotopic (exact) mass is 310 g/mol. The molecule has 0 aliphatic carbocycles. The molecule has 3 nitrogen and oxygen atoms in total. The van der Waals surface area contributed by atoms with Gasteiger partial charge in [-0.2, -0.15) is 0 Å². The van der Waals surface area contributed by atoms with Crippen molar-refractivity contribution in [2.24, 2.45) is 11.1 Å². The standard InChI is InChI=1S/C14H19BrN2O/c1-10-5-11(7-12(15)6-10)13(18)17-4-3-14(2,8-16)9-17/h5-7H,3-4,8-9,16H2,1-2H3. The summed E-state index contributed by atoms with van der Waals surface area (Å²) >= 11 is 3.44. The Balaban J connectivity index is 2.18. The van der Waals surface area contributed by atoms with E-state index in [0.717, 1.165) is 35.1 Å². The summed E-state index contributed by atoms with van der Waals surface area (Å²) in [6, 6.07) is 5.82. The van der Waals surface area contributed by atoms with Gasteiger partial charge in [0.05, 0.1) is 0 Å². The molecule has 1 amide bonds. The Morgan fingerprint density at radius 2 is 2.22 bits per heavy atom. The van der Waals surface area contributed by atoms with Crippen LogP contribution in [0.25, 0.3) is 0 Å². The smallest absolute Gasteiger partial charge is 0.253 e. The summed E-state index contributed by atoms with van der Waals surface area (Å²) < 4.78 is 0.951. The molecule has 1 aliphatic heterocycles. The number of nitrogens with two attached hydrogens (primary N) is 1. The summed E-state index contributed by atoms with van der Waals surface area (Å²) in [5.41, 5.74) is 7.70. The third-order valence-corrected chi connectivity index (χ3v) is 4.08. The van der Waals surface area contributed by atoms with Crippen molar-refractivity contribution in [1.82, 2.24) is 4.90 Å². The van der Waals surface area contributed by atoms with Gasteiger partial charge >= 0.3 is 0 Å². The Morgan fingerprint density at radius 1 is 1.50 bits per heavy atom. The summed E-state index contributed by atoms with van der Waals surface area (Å²) in [7, 11) is 0. The molecular formula is C14H19BrN2O. The van der Waals surface area contributed by atoms with Crippen LogP contribution in [0.1, 0.15) is 29.3 Å². The predicted octanol–water partition coefficient (Wildman–Crippen LogP) is 2.57. The molecule has 4 heteroatoms. The van der Waals surface area contributed by atoms with Crippen LogP contribution in [0.2, 0.25) is 0 Å². The molecular weight excluding hydrogens is 292 g/mol. The number of hydrogen-bond acceptors (Lipinski definition) is 2. The third kappa shape index (κ3) is 2.75. The Morgan fingerprint density at radius 3 is 2.78 bits per heavy atom. The van der Waals surface area contributed by atoms with Crippen molar-refractivity contribution in [1.29, 1.82) is 0 Å². The summed E-state index contributed by atoms with van der Waals surface area (Å²) in [6.07, 6.45) is 0.988. The second kappa shape index (κ2) is 5.02. The van der Waals surface area contributed by atoms with Crippen molar-refractivity contribution >= 4 is 21.8 Å². The lowest BCUT2D eigenvalue weighted by molar-refractivity contribution is 0.0776. The summed E-state index contributed by atoms with van der Waals surface area (Å²) in [6.45, 7) is 6.34. The lowest BCUT2D eigenvalue weighted by atomic mass is 9.90. The summed E-state index contributed by atoms with van der Waals surface area (Å²) in [5.74, 6) is 0.108. The van der Waals surface area contributed by atoms with Crippen LogP contribution >= 0.6 is 15.9 Å². The van der Waals surface area contributed by atoms with Gasteiger partial charge in [-0.15, -0.1) is 0 Å². The first-order valence-electron chi connectivity index (χ1n) is 6.20. The van der Waals surface area contributed by atoms with E-state index in [0.29, 0.717) is 6.54 Å². The van der Waals surface area contributed by atoms with E-state index in [9.17, 15) is 4.79 Å². The van der Waals surface area contributed by atoms with E-state index in [2.05, 4.69) is 22.9 Å². The van der Waals surface area contributed by atoms with E-state index in [1.54, 1.807) is 0 Å². The second-order valence-electron chi connectivity index (χ2n) is 5.51. The van der Waals surface area contributed by atoms with E-state index in [1.807, 2.05) is 30.0 Å². The Hall–Kier alpha value is -0.870. The van der Waals surface area contributed by atoms with Gasteiger partial charge in [0.15, 0.2) is 0 Å². The van der Waals surface area contributed by atoms with Crippen LogP contribution < -0.4 is 5.73 Å². The highest BCUT2D eigenvalue weighted by molar-refractivity contribution is 9.10. The van der Waals surface area contributed by atoms with Crippen molar-refractivity contribution < 1.29 is 4.79 Å². The largest absolute Gasteiger partial charge is 0.338 e. The fourth-order valence-electron chi connectivity index (χ4n) is 2.41. The first-order chi connectivity index (χ1) is 8.43. The van der Waals surface area contributed by atoms with Gasteiger partial charge in [0.2, 0.25) is 0 Å². The first kappa shape index (κ1) is 13.6. The van der Waals surface area contributed by atoms with Gasteiger partial charge in [0.1, 0.15) is 0 Å². The maximum Gasteiger partial charge on any atom is 0.253 e. The number of halogens is 1. The zero-order valence-electron chi connectivity index (χ0n) is 10.9. The van der Waals surface area contributed by atoms with Crippen LogP contribution in [0.3, 0.4) is 0 Å². The molecule has 0 bridgehead atoms. The Kier molecular flexibility index (Phi) is 3.78. The minimum absolute atomic E-state index is 0.0801. The van der Waals surface area contributed by atoms with Gasteiger partial charge in [0, 0.05) is 23.1 Å². The van der Waals surface area contributed by atoms with Crippen LogP contribution in [0.4, 0.5) is 0 Å². The molecule has 1 saturated heterocycles. The normalized spacial score (nSPS) is 23.4. The van der Waals surface area contributed by atoms with Crippen LogP contribution in [0.15, 0.2) is 22.7 Å². The van der Waals surface area contributed by atoms with Crippen molar-refractivity contribution in [3.8, 4) is 0 Å². The fraction of sp³-hybridized carbons (Fsp3) is 0.500. The lowest BCUT2D eigenvalue weighted by Gasteiger charge is -2.22. The second-order valence-corrected chi connectivity index (χ2v) is 6.42. The van der Waals surface area contributed by atoms with Crippen molar-refractivity contribution in [2.45, 2.75) is 20.3 Å². The molecule has 1 fully saturated rings. The summed E-state index contributed by atoms with van der Waals surface area (Å²) in [5, 5.41) is 0. The van der Waals surface area contributed by atoms with Crippen molar-refractivity contribution in [2.75, 3.05) is 19.6 Å². The lowest BCUT2D eigenvalue weighted by Crippen LogP contribution is -2.34. The number of hydrogen-bond donors (Lipinski definition) is 1. The fourth-order valence-corrected chi connectivity index (χ4v) is 3.01. The number of nitrogens with zero attached hydrogens (tertiary/aromatic N) is 1. The highest BCUT2D eigenvalue weighted by Gasteiger charge is 2.35. The molecule has 1 unspecified atom stereocenters. The topological polar surface area (TPSA) is 46.3 Å². The maximum absolute atomic E-state index is 12.4. The molecule has 1 aliphatic rings. The average molecular weight is 311 g/mol. The Bertz CT molecular complexity index is 455. The van der Waals surface area contributed by atoms with Gasteiger partial charge in [-0.25, -0.2) is 0 Å². The van der Waals surface area contributed by atoms with Crippen molar-refractivity contribution in [3.63, 3.8) is 0 Å². The number of likely N-dealkylation sites (tertiary alicyclic amines) is 1. The first-order valence-corrected chi connectivity index (χ1v) is 6.99. The third-order valence-electron chi connectivity index (χ3n) is 3.63. The molecule has 2 N–H and O–H groups in total. The molecule has 2 rings (SSSR count). The van der Waals surface area contributed by atoms with Crippen LogP contribution in [-0.4, -0.2) is 30.4 Å². The number of rotatable bonds is 2.